The molecule has 1 atom stereocenters. The second-order valence-corrected chi connectivity index (χ2v) is 6.29. The average molecular weight is 258 g/mol. The predicted molar refractivity (Wildman–Crippen MR) is 70.1 cm³/mol. The van der Waals surface area contributed by atoms with Gasteiger partial charge in [0, 0.05) is 45.1 Å². The third kappa shape index (κ3) is 4.92. The van der Waals surface area contributed by atoms with Crippen LogP contribution in [0.2, 0.25) is 0 Å². The summed E-state index contributed by atoms with van der Waals surface area (Å²) in [6.45, 7) is 7.42. The predicted octanol–water partition coefficient (Wildman–Crippen LogP) is 0.408. The Morgan fingerprint density at radius 3 is 2.50 bits per heavy atom. The Labute approximate surface area is 109 Å². The summed E-state index contributed by atoms with van der Waals surface area (Å²) in [6.07, 6.45) is 1.42. The fourth-order valence-corrected chi connectivity index (χ4v) is 1.77. The molecule has 1 heterocycles. The third-order valence-electron chi connectivity index (χ3n) is 3.56. The van der Waals surface area contributed by atoms with Gasteiger partial charge in [-0.25, -0.2) is 0 Å². The van der Waals surface area contributed by atoms with Gasteiger partial charge >= 0.3 is 0 Å². The van der Waals surface area contributed by atoms with E-state index >= 15 is 0 Å². The summed E-state index contributed by atoms with van der Waals surface area (Å²) in [6, 6.07) is -0.179. The maximum absolute atomic E-state index is 11.8. The van der Waals surface area contributed by atoms with Crippen molar-refractivity contribution in [3.8, 4) is 0 Å². The second-order valence-electron chi connectivity index (χ2n) is 6.29. The molecule has 1 rings (SSSR count). The molecule has 1 amide bonds. The van der Waals surface area contributed by atoms with Crippen LogP contribution in [-0.4, -0.2) is 42.4 Å². The highest BCUT2D eigenvalue weighted by molar-refractivity contribution is 5.76. The molecule has 1 aliphatic heterocycles. The van der Waals surface area contributed by atoms with Gasteiger partial charge in [-0.2, -0.15) is 0 Å². The zero-order valence-corrected chi connectivity index (χ0v) is 11.7. The summed E-state index contributed by atoms with van der Waals surface area (Å²) in [4.78, 5) is 11.8. The Kier molecular flexibility index (Phi) is 5.13. The zero-order chi connectivity index (χ0) is 13.8. The van der Waals surface area contributed by atoms with Crippen molar-refractivity contribution >= 4 is 5.91 Å². The number of carbonyl (C=O) groups excluding carboxylic acids is 1. The first-order chi connectivity index (χ1) is 8.23. The highest BCUT2D eigenvalue weighted by atomic mass is 16.5. The lowest BCUT2D eigenvalue weighted by atomic mass is 9.85. The van der Waals surface area contributed by atoms with Gasteiger partial charge in [0.25, 0.3) is 0 Å². The Morgan fingerprint density at radius 1 is 1.44 bits per heavy atom. The molecule has 18 heavy (non-hydrogen) atoms. The van der Waals surface area contributed by atoms with Gasteiger partial charge in [0.15, 0.2) is 0 Å². The Bertz CT molecular complexity index is 280. The van der Waals surface area contributed by atoms with Crippen LogP contribution in [0, 0.1) is 5.41 Å². The Balaban J connectivity index is 2.32. The van der Waals surface area contributed by atoms with Crippen molar-refractivity contribution in [3.63, 3.8) is 0 Å². The van der Waals surface area contributed by atoms with Gasteiger partial charge in [-0.3, -0.25) is 4.79 Å². The maximum Gasteiger partial charge on any atom is 0.221 e. The quantitative estimate of drug-likeness (QED) is 0.682. The van der Waals surface area contributed by atoms with E-state index in [1.165, 1.54) is 0 Å². The van der Waals surface area contributed by atoms with Crippen LogP contribution in [0.5, 0.6) is 0 Å². The Hall–Kier alpha value is -0.650. The smallest absolute Gasteiger partial charge is 0.221 e. The molecule has 1 fully saturated rings. The van der Waals surface area contributed by atoms with Crippen LogP contribution in [0.4, 0.5) is 0 Å². The van der Waals surface area contributed by atoms with Crippen molar-refractivity contribution in [2.45, 2.75) is 51.7 Å². The number of nitrogens with one attached hydrogen (secondary N) is 1. The highest BCUT2D eigenvalue weighted by Crippen LogP contribution is 2.21. The van der Waals surface area contributed by atoms with Crippen LogP contribution >= 0.6 is 0 Å². The van der Waals surface area contributed by atoms with E-state index in [9.17, 15) is 9.90 Å². The molecule has 4 N–H and O–H groups in total. The molecule has 5 nitrogen and oxygen atoms in total. The molecule has 1 saturated heterocycles. The number of aliphatic hydroxyl groups is 1. The number of ether oxygens (including phenoxy) is 1. The molecule has 0 aromatic rings. The van der Waals surface area contributed by atoms with Gasteiger partial charge in [0.05, 0.1) is 5.60 Å². The lowest BCUT2D eigenvalue weighted by molar-refractivity contribution is -0.124. The topological polar surface area (TPSA) is 84.6 Å². The van der Waals surface area contributed by atoms with Crippen molar-refractivity contribution in [2.24, 2.45) is 11.1 Å². The van der Waals surface area contributed by atoms with Gasteiger partial charge in [-0.1, -0.05) is 20.8 Å². The van der Waals surface area contributed by atoms with E-state index in [1.807, 2.05) is 20.8 Å². The first-order valence-electron chi connectivity index (χ1n) is 6.55. The van der Waals surface area contributed by atoms with Gasteiger partial charge < -0.3 is 20.9 Å². The molecule has 0 aliphatic carbocycles. The minimum atomic E-state index is -0.820. The Morgan fingerprint density at radius 2 is 2.00 bits per heavy atom. The standard InChI is InChI=1S/C13H26N2O3/c1-12(2,3)10(14)8-11(16)15-9-13(17)4-6-18-7-5-13/h10,17H,4-9,14H2,1-3H3,(H,15,16). The van der Waals surface area contributed by atoms with Gasteiger partial charge in [-0.05, 0) is 5.41 Å². The molecule has 0 aromatic heterocycles. The number of hydrogen-bond acceptors (Lipinski definition) is 4. The SMILES string of the molecule is CC(C)(C)C(N)CC(=O)NCC1(O)CCOCC1. The molecule has 0 saturated carbocycles. The summed E-state index contributed by atoms with van der Waals surface area (Å²) in [5, 5.41) is 13.0. The van der Waals surface area contributed by atoms with Gasteiger partial charge in [0.2, 0.25) is 5.91 Å². The summed E-state index contributed by atoms with van der Waals surface area (Å²) < 4.78 is 5.19. The van der Waals surface area contributed by atoms with Crippen LogP contribution < -0.4 is 11.1 Å². The third-order valence-corrected chi connectivity index (χ3v) is 3.56. The van der Waals surface area contributed by atoms with Crippen LogP contribution in [0.1, 0.15) is 40.0 Å². The minimum Gasteiger partial charge on any atom is -0.388 e. The van der Waals surface area contributed by atoms with Gasteiger partial charge in [-0.15, -0.1) is 0 Å². The van der Waals surface area contributed by atoms with E-state index in [0.29, 0.717) is 26.1 Å². The van der Waals surface area contributed by atoms with Crippen molar-refractivity contribution in [3.05, 3.63) is 0 Å². The fraction of sp³-hybridized carbons (Fsp3) is 0.923. The van der Waals surface area contributed by atoms with Crippen molar-refractivity contribution in [1.29, 1.82) is 0 Å². The largest absolute Gasteiger partial charge is 0.388 e. The summed E-state index contributed by atoms with van der Waals surface area (Å²) >= 11 is 0. The summed E-state index contributed by atoms with van der Waals surface area (Å²) in [5.74, 6) is -0.0997. The van der Waals surface area contributed by atoms with Crippen LogP contribution in [0.25, 0.3) is 0 Å². The van der Waals surface area contributed by atoms with Crippen LogP contribution in [0.15, 0.2) is 0 Å². The molecule has 0 spiro atoms. The number of amides is 1. The number of hydrogen-bond donors (Lipinski definition) is 3. The van der Waals surface area contributed by atoms with Crippen molar-refractivity contribution in [1.82, 2.24) is 5.32 Å². The lowest BCUT2D eigenvalue weighted by Crippen LogP contribution is -2.48. The molecule has 5 heteroatoms. The molecule has 1 unspecified atom stereocenters. The van der Waals surface area contributed by atoms with E-state index in [0.717, 1.165) is 0 Å². The second kappa shape index (κ2) is 5.99. The van der Waals surface area contributed by atoms with E-state index in [-0.39, 0.29) is 30.3 Å². The zero-order valence-electron chi connectivity index (χ0n) is 11.7. The molecule has 1 aliphatic rings. The van der Waals surface area contributed by atoms with Crippen molar-refractivity contribution < 1.29 is 14.6 Å². The lowest BCUT2D eigenvalue weighted by Gasteiger charge is -2.32. The number of carbonyl (C=O) groups is 1. The normalized spacial score (nSPS) is 21.4. The molecular weight excluding hydrogens is 232 g/mol. The molecular formula is C13H26N2O3. The van der Waals surface area contributed by atoms with E-state index in [1.54, 1.807) is 0 Å². The average Bonchev–Trinajstić information content (AvgIpc) is 2.26. The first-order valence-corrected chi connectivity index (χ1v) is 6.55. The van der Waals surface area contributed by atoms with E-state index in [2.05, 4.69) is 5.32 Å². The summed E-state index contributed by atoms with van der Waals surface area (Å²) in [7, 11) is 0. The van der Waals surface area contributed by atoms with Gasteiger partial charge in [0.1, 0.15) is 0 Å². The molecule has 0 radical (unpaired) electrons. The number of nitrogens with two attached hydrogens (primary N) is 1. The highest BCUT2D eigenvalue weighted by Gasteiger charge is 2.30. The summed E-state index contributed by atoms with van der Waals surface area (Å²) in [5.41, 5.74) is 5.04. The molecule has 106 valence electrons. The van der Waals surface area contributed by atoms with E-state index in [4.69, 9.17) is 10.5 Å². The molecule has 0 aromatic carbocycles. The molecule has 0 bridgehead atoms. The van der Waals surface area contributed by atoms with Crippen molar-refractivity contribution in [2.75, 3.05) is 19.8 Å². The van der Waals surface area contributed by atoms with Crippen LogP contribution in [0.3, 0.4) is 0 Å². The van der Waals surface area contributed by atoms with E-state index < -0.39 is 5.60 Å². The number of rotatable bonds is 4. The first kappa shape index (κ1) is 15.4. The minimum absolute atomic E-state index is 0.0904. The van der Waals surface area contributed by atoms with Crippen LogP contribution in [-0.2, 0) is 9.53 Å². The monoisotopic (exact) mass is 258 g/mol. The maximum atomic E-state index is 11.8. The fourth-order valence-electron chi connectivity index (χ4n) is 1.77.